The number of rotatable bonds is 4. The van der Waals surface area contributed by atoms with Gasteiger partial charge in [-0.2, -0.15) is 0 Å². The molecule has 0 N–H and O–H groups in total. The number of ether oxygens (including phenoxy) is 1. The van der Waals surface area contributed by atoms with Crippen molar-refractivity contribution in [3.8, 4) is 5.75 Å². The minimum atomic E-state index is -1.13. The van der Waals surface area contributed by atoms with Crippen molar-refractivity contribution in [2.75, 3.05) is 12.0 Å². The van der Waals surface area contributed by atoms with Gasteiger partial charge in [0.15, 0.2) is 0 Å². The topological polar surface area (TPSA) is 69.7 Å². The predicted molar refractivity (Wildman–Crippen MR) is 87.4 cm³/mol. The highest BCUT2D eigenvalue weighted by molar-refractivity contribution is 5.96. The molecule has 2 atom stereocenters. The molecule has 124 valence electrons. The SMILES string of the molecule is COc1ccc(N2C(=O)CC[C@@H](C(=O)[O-])[C@H]2c2ccccc2)cc1. The van der Waals surface area contributed by atoms with E-state index < -0.39 is 17.9 Å². The van der Waals surface area contributed by atoms with Crippen LogP contribution in [-0.4, -0.2) is 19.0 Å². The lowest BCUT2D eigenvalue weighted by atomic mass is 9.84. The maximum absolute atomic E-state index is 12.6. The predicted octanol–water partition coefficient (Wildman–Crippen LogP) is 1.93. The summed E-state index contributed by atoms with van der Waals surface area (Å²) in [4.78, 5) is 25.8. The number of carbonyl (C=O) groups excluding carboxylic acids is 2. The summed E-state index contributed by atoms with van der Waals surface area (Å²) < 4.78 is 5.15. The number of methoxy groups -OCH3 is 1. The molecular formula is C19H18NO4-. The molecule has 24 heavy (non-hydrogen) atoms. The molecule has 0 bridgehead atoms. The molecule has 5 nitrogen and oxygen atoms in total. The van der Waals surface area contributed by atoms with Gasteiger partial charge in [-0.15, -0.1) is 0 Å². The molecule has 2 aromatic carbocycles. The van der Waals surface area contributed by atoms with Gasteiger partial charge in [-0.05, 0) is 36.2 Å². The molecule has 1 aliphatic rings. The summed E-state index contributed by atoms with van der Waals surface area (Å²) in [5, 5.41) is 11.7. The molecule has 0 aliphatic carbocycles. The Morgan fingerprint density at radius 3 is 2.38 bits per heavy atom. The Bertz CT molecular complexity index is 727. The summed E-state index contributed by atoms with van der Waals surface area (Å²) in [6.07, 6.45) is 0.474. The van der Waals surface area contributed by atoms with E-state index in [1.807, 2.05) is 30.3 Å². The maximum Gasteiger partial charge on any atom is 0.227 e. The van der Waals surface area contributed by atoms with Crippen molar-refractivity contribution in [3.05, 3.63) is 60.2 Å². The zero-order valence-corrected chi connectivity index (χ0v) is 13.3. The van der Waals surface area contributed by atoms with Crippen molar-refractivity contribution < 1.29 is 19.4 Å². The highest BCUT2D eigenvalue weighted by Gasteiger charge is 2.38. The number of hydrogen-bond donors (Lipinski definition) is 0. The lowest BCUT2D eigenvalue weighted by Gasteiger charge is -2.42. The van der Waals surface area contributed by atoms with Gasteiger partial charge in [0, 0.05) is 24.0 Å². The Morgan fingerprint density at radius 1 is 1.12 bits per heavy atom. The van der Waals surface area contributed by atoms with Crippen molar-refractivity contribution in [2.24, 2.45) is 5.92 Å². The van der Waals surface area contributed by atoms with Crippen LogP contribution in [0.3, 0.4) is 0 Å². The largest absolute Gasteiger partial charge is 0.550 e. The van der Waals surface area contributed by atoms with Crippen LogP contribution in [0.4, 0.5) is 5.69 Å². The third kappa shape index (κ3) is 2.97. The summed E-state index contributed by atoms with van der Waals surface area (Å²) >= 11 is 0. The Hall–Kier alpha value is -2.82. The first-order valence-electron chi connectivity index (χ1n) is 7.83. The summed E-state index contributed by atoms with van der Waals surface area (Å²) in [6, 6.07) is 15.7. The summed E-state index contributed by atoms with van der Waals surface area (Å²) in [6.45, 7) is 0. The van der Waals surface area contributed by atoms with Crippen LogP contribution >= 0.6 is 0 Å². The maximum atomic E-state index is 12.6. The van der Waals surface area contributed by atoms with E-state index in [1.54, 1.807) is 36.3 Å². The van der Waals surface area contributed by atoms with Gasteiger partial charge in [-0.1, -0.05) is 30.3 Å². The normalized spacial score (nSPS) is 20.7. The Labute approximate surface area is 140 Å². The zero-order valence-electron chi connectivity index (χ0n) is 13.3. The van der Waals surface area contributed by atoms with E-state index in [1.165, 1.54) is 0 Å². The van der Waals surface area contributed by atoms with Crippen molar-refractivity contribution >= 4 is 17.6 Å². The Kier molecular flexibility index (Phi) is 4.51. The Morgan fingerprint density at radius 2 is 1.79 bits per heavy atom. The minimum absolute atomic E-state index is 0.0912. The standard InChI is InChI=1S/C19H19NO4/c1-24-15-9-7-14(8-10-15)20-17(21)12-11-16(19(22)23)18(20)13-5-3-2-4-6-13/h2-10,16,18H,11-12H2,1H3,(H,22,23)/p-1/t16-,18-/m1/s1. The van der Waals surface area contributed by atoms with Crippen molar-refractivity contribution in [3.63, 3.8) is 0 Å². The van der Waals surface area contributed by atoms with E-state index >= 15 is 0 Å². The number of anilines is 1. The van der Waals surface area contributed by atoms with Crippen LogP contribution in [0.25, 0.3) is 0 Å². The first kappa shape index (κ1) is 16.1. The zero-order chi connectivity index (χ0) is 17.1. The van der Waals surface area contributed by atoms with Gasteiger partial charge in [-0.3, -0.25) is 4.79 Å². The lowest BCUT2D eigenvalue weighted by Crippen LogP contribution is -2.49. The van der Waals surface area contributed by atoms with Gasteiger partial charge in [0.2, 0.25) is 5.91 Å². The third-order valence-corrected chi connectivity index (χ3v) is 4.39. The molecule has 0 unspecified atom stereocenters. The van der Waals surface area contributed by atoms with Gasteiger partial charge in [0.25, 0.3) is 0 Å². The molecule has 5 heteroatoms. The number of benzene rings is 2. The average molecular weight is 324 g/mol. The first-order chi connectivity index (χ1) is 11.6. The third-order valence-electron chi connectivity index (χ3n) is 4.39. The van der Waals surface area contributed by atoms with Crippen molar-refractivity contribution in [1.29, 1.82) is 0 Å². The van der Waals surface area contributed by atoms with E-state index in [0.29, 0.717) is 11.4 Å². The molecule has 1 aliphatic heterocycles. The molecular weight excluding hydrogens is 306 g/mol. The fourth-order valence-corrected chi connectivity index (χ4v) is 3.22. The number of amides is 1. The van der Waals surface area contributed by atoms with Crippen LogP contribution in [0.5, 0.6) is 5.75 Å². The van der Waals surface area contributed by atoms with Crippen LogP contribution in [0.15, 0.2) is 54.6 Å². The molecule has 2 aromatic rings. The monoisotopic (exact) mass is 324 g/mol. The van der Waals surface area contributed by atoms with Gasteiger partial charge in [0.05, 0.1) is 13.2 Å². The second kappa shape index (κ2) is 6.74. The van der Waals surface area contributed by atoms with Crippen LogP contribution in [0.2, 0.25) is 0 Å². The van der Waals surface area contributed by atoms with Crippen molar-refractivity contribution in [2.45, 2.75) is 18.9 Å². The molecule has 1 saturated heterocycles. The fourth-order valence-electron chi connectivity index (χ4n) is 3.22. The second-order valence-corrected chi connectivity index (χ2v) is 5.78. The molecule has 0 aromatic heterocycles. The highest BCUT2D eigenvalue weighted by atomic mass is 16.5. The van der Waals surface area contributed by atoms with Crippen LogP contribution < -0.4 is 14.7 Å². The van der Waals surface area contributed by atoms with Gasteiger partial charge in [-0.25, -0.2) is 0 Å². The van der Waals surface area contributed by atoms with Gasteiger partial charge >= 0.3 is 0 Å². The van der Waals surface area contributed by atoms with E-state index in [2.05, 4.69) is 0 Å². The van der Waals surface area contributed by atoms with E-state index in [9.17, 15) is 14.7 Å². The molecule has 0 saturated carbocycles. The van der Waals surface area contributed by atoms with Gasteiger partial charge in [0.1, 0.15) is 5.75 Å². The molecule has 1 fully saturated rings. The van der Waals surface area contributed by atoms with E-state index in [0.717, 1.165) is 5.56 Å². The van der Waals surface area contributed by atoms with Crippen molar-refractivity contribution in [1.82, 2.24) is 0 Å². The number of piperidine rings is 1. The van der Waals surface area contributed by atoms with Crippen LogP contribution in [-0.2, 0) is 9.59 Å². The molecule has 0 radical (unpaired) electrons. The quantitative estimate of drug-likeness (QED) is 0.862. The molecule has 3 rings (SSSR count). The van der Waals surface area contributed by atoms with Gasteiger partial charge < -0.3 is 19.5 Å². The highest BCUT2D eigenvalue weighted by Crippen LogP contribution is 2.39. The molecule has 0 spiro atoms. The summed E-state index contributed by atoms with van der Waals surface area (Å²) in [5.41, 5.74) is 1.44. The van der Waals surface area contributed by atoms with E-state index in [4.69, 9.17) is 4.74 Å². The number of carboxylic acids is 1. The lowest BCUT2D eigenvalue weighted by molar-refractivity contribution is -0.312. The second-order valence-electron chi connectivity index (χ2n) is 5.78. The van der Waals surface area contributed by atoms with Crippen LogP contribution in [0, 0.1) is 5.92 Å². The first-order valence-corrected chi connectivity index (χ1v) is 7.83. The number of aliphatic carboxylic acids is 1. The summed E-state index contributed by atoms with van der Waals surface area (Å²) in [7, 11) is 1.57. The fraction of sp³-hybridized carbons (Fsp3) is 0.263. The van der Waals surface area contributed by atoms with E-state index in [-0.39, 0.29) is 18.7 Å². The average Bonchev–Trinajstić information content (AvgIpc) is 2.62. The number of hydrogen-bond acceptors (Lipinski definition) is 4. The minimum Gasteiger partial charge on any atom is -0.550 e. The summed E-state index contributed by atoms with van der Waals surface area (Å²) in [5.74, 6) is -1.29. The molecule has 1 amide bonds. The number of carbonyl (C=O) groups is 2. The number of carboxylic acid groups (broad SMARTS) is 1. The van der Waals surface area contributed by atoms with Crippen LogP contribution in [0.1, 0.15) is 24.4 Å². The Balaban J connectivity index is 2.07. The molecule has 1 heterocycles. The smallest absolute Gasteiger partial charge is 0.227 e. The number of nitrogens with zero attached hydrogens (tertiary/aromatic N) is 1.